The highest BCUT2D eigenvalue weighted by Crippen LogP contribution is 2.31. The Morgan fingerprint density at radius 1 is 0.667 bits per heavy atom. The molecule has 0 unspecified atom stereocenters. The number of para-hydroxylation sites is 2. The van der Waals surface area contributed by atoms with Crippen molar-refractivity contribution in [3.05, 3.63) is 72.8 Å². The number of ether oxygens (including phenoxy) is 3. The van der Waals surface area contributed by atoms with Gasteiger partial charge in [-0.15, -0.1) is 0 Å². The molecule has 138 valence electrons. The Kier molecular flexibility index (Phi) is 6.12. The molecule has 0 aliphatic heterocycles. The first kappa shape index (κ1) is 18.5. The van der Waals surface area contributed by atoms with Crippen LogP contribution in [0.15, 0.2) is 72.8 Å². The molecule has 0 saturated heterocycles. The van der Waals surface area contributed by atoms with Crippen molar-refractivity contribution in [2.24, 2.45) is 0 Å². The molecule has 0 atom stereocenters. The van der Waals surface area contributed by atoms with E-state index in [1.54, 1.807) is 14.2 Å². The van der Waals surface area contributed by atoms with Crippen LogP contribution < -0.4 is 24.8 Å². The molecule has 0 aliphatic rings. The van der Waals surface area contributed by atoms with E-state index < -0.39 is 0 Å². The summed E-state index contributed by atoms with van der Waals surface area (Å²) in [7, 11) is 3.25. The summed E-state index contributed by atoms with van der Waals surface area (Å²) in [6.45, 7) is 0. The van der Waals surface area contributed by atoms with Gasteiger partial charge >= 0.3 is 0 Å². The van der Waals surface area contributed by atoms with Crippen LogP contribution in [-0.4, -0.2) is 19.3 Å². The minimum absolute atomic E-state index is 0.499. The van der Waals surface area contributed by atoms with E-state index in [4.69, 9.17) is 26.4 Å². The zero-order valence-electron chi connectivity index (χ0n) is 15.1. The summed E-state index contributed by atoms with van der Waals surface area (Å²) in [6.07, 6.45) is 0. The van der Waals surface area contributed by atoms with Gasteiger partial charge in [0, 0.05) is 11.4 Å². The summed E-state index contributed by atoms with van der Waals surface area (Å²) in [5.41, 5.74) is 1.73. The van der Waals surface area contributed by atoms with Crippen molar-refractivity contribution in [3.63, 3.8) is 0 Å². The number of anilines is 2. The molecule has 3 aromatic rings. The fraction of sp³-hybridized carbons (Fsp3) is 0.0952. The molecular weight excluding hydrogens is 360 g/mol. The van der Waals surface area contributed by atoms with Crippen LogP contribution in [0.4, 0.5) is 11.4 Å². The predicted octanol–water partition coefficient (Wildman–Crippen LogP) is 5.31. The molecule has 0 bridgehead atoms. The third-order valence-electron chi connectivity index (χ3n) is 3.76. The van der Waals surface area contributed by atoms with Crippen molar-refractivity contribution in [1.29, 1.82) is 0 Å². The van der Waals surface area contributed by atoms with Gasteiger partial charge in [0.25, 0.3) is 0 Å². The van der Waals surface area contributed by atoms with Gasteiger partial charge in [0.15, 0.2) is 16.6 Å². The van der Waals surface area contributed by atoms with Crippen LogP contribution in [0.1, 0.15) is 0 Å². The number of benzene rings is 3. The van der Waals surface area contributed by atoms with Gasteiger partial charge in [0.05, 0.1) is 14.2 Å². The normalized spacial score (nSPS) is 10.0. The fourth-order valence-electron chi connectivity index (χ4n) is 2.40. The smallest absolute Gasteiger partial charge is 0.175 e. The molecule has 0 aliphatic carbocycles. The molecule has 0 amide bonds. The van der Waals surface area contributed by atoms with Crippen LogP contribution in [0.5, 0.6) is 23.0 Å². The molecule has 0 aromatic heterocycles. The van der Waals surface area contributed by atoms with Gasteiger partial charge in [0.2, 0.25) is 0 Å². The highest BCUT2D eigenvalue weighted by Gasteiger charge is 2.05. The van der Waals surface area contributed by atoms with E-state index in [0.29, 0.717) is 22.4 Å². The van der Waals surface area contributed by atoms with Gasteiger partial charge in [-0.05, 0) is 72.9 Å². The summed E-state index contributed by atoms with van der Waals surface area (Å²) in [6, 6.07) is 22.6. The second-order valence-electron chi connectivity index (χ2n) is 5.58. The zero-order chi connectivity index (χ0) is 19.1. The lowest BCUT2D eigenvalue weighted by atomic mass is 10.3. The molecule has 3 aromatic carbocycles. The number of methoxy groups -OCH3 is 2. The summed E-state index contributed by atoms with van der Waals surface area (Å²) in [5.74, 6) is 2.85. The largest absolute Gasteiger partial charge is 0.497 e. The maximum atomic E-state index is 5.86. The lowest BCUT2D eigenvalue weighted by Gasteiger charge is -2.12. The fourth-order valence-corrected chi connectivity index (χ4v) is 2.64. The Morgan fingerprint density at radius 3 is 1.70 bits per heavy atom. The van der Waals surface area contributed by atoms with Crippen LogP contribution in [-0.2, 0) is 0 Å². The maximum Gasteiger partial charge on any atom is 0.175 e. The number of hydrogen-bond donors (Lipinski definition) is 2. The lowest BCUT2D eigenvalue weighted by molar-refractivity contribution is 0.379. The molecule has 0 spiro atoms. The van der Waals surface area contributed by atoms with Gasteiger partial charge in [-0.25, -0.2) is 0 Å². The average molecular weight is 380 g/mol. The van der Waals surface area contributed by atoms with Crippen molar-refractivity contribution in [1.82, 2.24) is 0 Å². The molecule has 0 heterocycles. The van der Waals surface area contributed by atoms with E-state index >= 15 is 0 Å². The Morgan fingerprint density at radius 2 is 1.19 bits per heavy atom. The summed E-state index contributed by atoms with van der Waals surface area (Å²) in [4.78, 5) is 0. The second kappa shape index (κ2) is 8.91. The molecule has 5 nitrogen and oxygen atoms in total. The third kappa shape index (κ3) is 5.12. The Balaban J connectivity index is 1.59. The van der Waals surface area contributed by atoms with Gasteiger partial charge in [-0.3, -0.25) is 0 Å². The molecular formula is C21H20N2O3S. The highest BCUT2D eigenvalue weighted by atomic mass is 32.1. The SMILES string of the molecule is COc1ccc(NC(=S)Nc2ccc(Oc3ccccc3OC)cc2)cc1. The van der Waals surface area contributed by atoms with Gasteiger partial charge < -0.3 is 24.8 Å². The Hall–Kier alpha value is -3.25. The van der Waals surface area contributed by atoms with Crippen LogP contribution in [0.2, 0.25) is 0 Å². The van der Waals surface area contributed by atoms with Crippen molar-refractivity contribution < 1.29 is 14.2 Å². The molecule has 0 fully saturated rings. The first-order valence-corrected chi connectivity index (χ1v) is 8.72. The van der Waals surface area contributed by atoms with E-state index in [9.17, 15) is 0 Å². The number of hydrogen-bond acceptors (Lipinski definition) is 4. The molecule has 0 radical (unpaired) electrons. The van der Waals surface area contributed by atoms with E-state index in [-0.39, 0.29) is 0 Å². The maximum absolute atomic E-state index is 5.86. The first-order valence-electron chi connectivity index (χ1n) is 8.31. The lowest BCUT2D eigenvalue weighted by Crippen LogP contribution is -2.18. The van der Waals surface area contributed by atoms with Crippen molar-refractivity contribution in [2.75, 3.05) is 24.9 Å². The van der Waals surface area contributed by atoms with Crippen molar-refractivity contribution in [3.8, 4) is 23.0 Å². The average Bonchev–Trinajstić information content (AvgIpc) is 2.70. The van der Waals surface area contributed by atoms with E-state index in [1.165, 1.54) is 0 Å². The summed E-state index contributed by atoms with van der Waals surface area (Å²) >= 11 is 5.35. The molecule has 6 heteroatoms. The van der Waals surface area contributed by atoms with E-state index in [2.05, 4.69) is 10.6 Å². The minimum Gasteiger partial charge on any atom is -0.497 e. The summed E-state index contributed by atoms with van der Waals surface area (Å²) < 4.78 is 16.3. The first-order chi connectivity index (χ1) is 13.2. The third-order valence-corrected chi connectivity index (χ3v) is 3.96. The van der Waals surface area contributed by atoms with Gasteiger partial charge in [0.1, 0.15) is 11.5 Å². The van der Waals surface area contributed by atoms with Crippen LogP contribution >= 0.6 is 12.2 Å². The van der Waals surface area contributed by atoms with Crippen molar-refractivity contribution >= 4 is 28.7 Å². The highest BCUT2D eigenvalue weighted by molar-refractivity contribution is 7.80. The number of nitrogens with one attached hydrogen (secondary N) is 2. The van der Waals surface area contributed by atoms with E-state index in [1.807, 2.05) is 72.8 Å². The summed E-state index contributed by atoms with van der Waals surface area (Å²) in [5, 5.41) is 6.77. The predicted molar refractivity (Wildman–Crippen MR) is 112 cm³/mol. The van der Waals surface area contributed by atoms with E-state index in [0.717, 1.165) is 17.1 Å². The van der Waals surface area contributed by atoms with Crippen LogP contribution in [0.3, 0.4) is 0 Å². The van der Waals surface area contributed by atoms with Gasteiger partial charge in [-0.2, -0.15) is 0 Å². The quantitative estimate of drug-likeness (QED) is 0.566. The standard InChI is InChI=1S/C21H20N2O3S/c1-24-17-11-7-15(8-12-17)22-21(27)23-16-9-13-18(14-10-16)26-20-6-4-3-5-19(20)25-2/h3-14H,1-2H3,(H2,22,23,27). The van der Waals surface area contributed by atoms with Crippen LogP contribution in [0, 0.1) is 0 Å². The van der Waals surface area contributed by atoms with Crippen molar-refractivity contribution in [2.45, 2.75) is 0 Å². The Labute approximate surface area is 163 Å². The van der Waals surface area contributed by atoms with Gasteiger partial charge in [-0.1, -0.05) is 12.1 Å². The molecule has 2 N–H and O–H groups in total. The molecule has 27 heavy (non-hydrogen) atoms. The Bertz CT molecular complexity index is 896. The van der Waals surface area contributed by atoms with Crippen LogP contribution in [0.25, 0.3) is 0 Å². The molecule has 0 saturated carbocycles. The topological polar surface area (TPSA) is 51.8 Å². The minimum atomic E-state index is 0.499. The zero-order valence-corrected chi connectivity index (χ0v) is 15.9. The monoisotopic (exact) mass is 380 g/mol. The number of rotatable bonds is 6. The second-order valence-corrected chi connectivity index (χ2v) is 5.99. The molecule has 3 rings (SSSR count). The number of thiocarbonyl (C=S) groups is 1.